The first kappa shape index (κ1) is 89.1. The number of ether oxygens (including phenoxy) is 4. The van der Waals surface area contributed by atoms with Gasteiger partial charge >= 0.3 is 30.4 Å². The van der Waals surface area contributed by atoms with Crippen molar-refractivity contribution in [2.75, 3.05) is 26.4 Å². The van der Waals surface area contributed by atoms with Crippen molar-refractivity contribution in [3.63, 3.8) is 0 Å². The van der Waals surface area contributed by atoms with Crippen LogP contribution >= 0.6 is 30.4 Å². The molecule has 2 heterocycles. The van der Waals surface area contributed by atoms with Gasteiger partial charge in [0.1, 0.15) is 67.0 Å². The standard InChI is InChI=1S/C80H97N3O27P4/c81-63(43-84)73(91)77(64(88)44-85)109-80-72(83-68(90)42-70(113(97,103-51-59-33-17-5-18-34-59)104-52-60-35-19-6-20-36-60)114(98,105-53-61-37-21-7-22-38-61)106-54-62-39-23-8-24-40-62)76(94)78(66(46-87)108-80)110-79-71(75(93)74(92)65(45-86)107-79)82-67(89)41-69(111(95,99-47-55-25-9-1-10-26-55)100-48-56-27-11-2-12-28-56)112(96,101-49-57-29-13-3-14-30-57)102-50-58-31-15-4-16-32-58/h1-40,63-66,69-80,84-88,91-94H,41-54,81H2,(H,82,89)(H,83,90)/t63?,64?,65?,66?,71?,72?,73-,74+,75-,76-,77+,78+,79+,80+/m1/s1. The number of aliphatic hydroxyl groups excluding tert-OH is 9. The largest absolute Gasteiger partial charge is 0.395 e. The Kier molecular flexibility index (Phi) is 34.2. The summed E-state index contributed by atoms with van der Waals surface area (Å²) in [5.41, 5.74) is 9.73. The molecule has 6 unspecified atom stereocenters. The van der Waals surface area contributed by atoms with E-state index in [0.717, 1.165) is 0 Å². The molecule has 30 nitrogen and oxygen atoms in total. The summed E-state index contributed by atoms with van der Waals surface area (Å²) in [5.74, 6) is -2.57. The molecule has 13 N–H and O–H groups in total. The summed E-state index contributed by atoms with van der Waals surface area (Å²) in [6, 6.07) is 61.2. The number of amides is 2. The zero-order valence-corrected chi connectivity index (χ0v) is 65.5. The van der Waals surface area contributed by atoms with Crippen molar-refractivity contribution in [1.82, 2.24) is 10.6 Å². The fraction of sp³-hybridized carbons (Fsp3) is 0.375. The minimum Gasteiger partial charge on any atom is -0.395 e. The average Bonchev–Trinajstić information content (AvgIpc) is 0.773. The van der Waals surface area contributed by atoms with Crippen molar-refractivity contribution in [3.8, 4) is 0 Å². The predicted molar refractivity (Wildman–Crippen MR) is 414 cm³/mol. The van der Waals surface area contributed by atoms with Crippen LogP contribution in [0, 0.1) is 0 Å². The fourth-order valence-corrected chi connectivity index (χ4v) is 22.6. The molecule has 2 aliphatic rings. The number of carbonyl (C=O) groups excluding carboxylic acids is 2. The molecule has 0 bridgehead atoms. The van der Waals surface area contributed by atoms with Crippen LogP contribution in [0.3, 0.4) is 0 Å². The Hall–Kier alpha value is -7.26. The van der Waals surface area contributed by atoms with Gasteiger partial charge in [-0.25, -0.2) is 0 Å². The molecule has 114 heavy (non-hydrogen) atoms. The van der Waals surface area contributed by atoms with E-state index < -0.39 is 231 Å². The van der Waals surface area contributed by atoms with E-state index in [1.165, 1.54) is 0 Å². The third-order valence-electron chi connectivity index (χ3n) is 18.8. The van der Waals surface area contributed by atoms with Crippen LogP contribution in [0.2, 0.25) is 0 Å². The van der Waals surface area contributed by atoms with E-state index in [4.69, 9.17) is 60.9 Å². The van der Waals surface area contributed by atoms with Gasteiger partial charge < -0.3 is 117 Å². The van der Waals surface area contributed by atoms with E-state index in [9.17, 15) is 46.0 Å². The van der Waals surface area contributed by atoms with E-state index in [0.29, 0.717) is 44.5 Å². The molecular weight excluding hydrogens is 1560 g/mol. The summed E-state index contributed by atoms with van der Waals surface area (Å²) in [7, 11) is -20.6. The maximum Gasteiger partial charge on any atom is 0.347 e. The smallest absolute Gasteiger partial charge is 0.347 e. The maximum absolute atomic E-state index is 16.4. The minimum absolute atomic E-state index is 0.447. The second-order valence-electron chi connectivity index (χ2n) is 27.0. The quantitative estimate of drug-likeness (QED) is 0.0160. The highest BCUT2D eigenvalue weighted by Crippen LogP contribution is 2.74. The number of carbonyl (C=O) groups is 2. The van der Waals surface area contributed by atoms with Crippen molar-refractivity contribution >= 4 is 42.2 Å². The number of nitrogens with one attached hydrogen (secondary N) is 2. The monoisotopic (exact) mass is 1660 g/mol. The Bertz CT molecular complexity index is 3990. The minimum atomic E-state index is -5.18. The predicted octanol–water partition coefficient (Wildman–Crippen LogP) is 8.22. The molecule has 2 fully saturated rings. The van der Waals surface area contributed by atoms with Crippen LogP contribution in [-0.2, 0) is 136 Å². The molecule has 8 aromatic rings. The molecule has 0 spiro atoms. The van der Waals surface area contributed by atoms with Crippen molar-refractivity contribution < 1.29 is 129 Å². The highest BCUT2D eigenvalue weighted by atomic mass is 31.2. The van der Waals surface area contributed by atoms with Crippen LogP contribution in [0.5, 0.6) is 0 Å². The third kappa shape index (κ3) is 24.9. The van der Waals surface area contributed by atoms with Gasteiger partial charge in [0, 0.05) is 0 Å². The summed E-state index contributed by atoms with van der Waals surface area (Å²) in [4.78, 5) is 31.2. The Balaban J connectivity index is 1.04. The molecule has 34 heteroatoms. The zero-order chi connectivity index (χ0) is 81.1. The molecule has 0 radical (unpaired) electrons. The van der Waals surface area contributed by atoms with Crippen LogP contribution in [0.25, 0.3) is 0 Å². The molecule has 614 valence electrons. The summed E-state index contributed by atoms with van der Waals surface area (Å²) in [6.45, 7) is -8.04. The van der Waals surface area contributed by atoms with Crippen LogP contribution in [0.4, 0.5) is 0 Å². The lowest BCUT2D eigenvalue weighted by molar-refractivity contribution is -0.341. The van der Waals surface area contributed by atoms with Gasteiger partial charge in [0.2, 0.25) is 11.8 Å². The van der Waals surface area contributed by atoms with E-state index >= 15 is 27.8 Å². The van der Waals surface area contributed by atoms with Gasteiger partial charge in [-0.2, -0.15) is 0 Å². The molecule has 2 aliphatic heterocycles. The molecule has 10 rings (SSSR count). The van der Waals surface area contributed by atoms with Crippen LogP contribution < -0.4 is 16.4 Å². The topological polar surface area (TPSA) is 445 Å². The zero-order valence-electron chi connectivity index (χ0n) is 62.0. The SMILES string of the molecule is NC(CO)[C@@H](O)[C@@H](O[C@@H]1OC(CO)[C@H](O[C@@H]2OC(CO)[C@H](O)[C@H](O)C2NC(=O)CC(P(=O)(OCc2ccccc2)OCc2ccccc2)P(=O)(OCc2ccccc2)OCc2ccccc2)[C@H](O)C1NC(=O)CC(P(=O)(OCc1ccccc1)OCc1ccccc1)P(=O)(OCc1ccccc1)OCc1ccccc1)C(O)CO. The lowest BCUT2D eigenvalue weighted by atomic mass is 9.94. The second-order valence-corrected chi connectivity index (χ2v) is 36.7. The number of aliphatic hydroxyl groups is 9. The van der Waals surface area contributed by atoms with Crippen LogP contribution in [-0.4, -0.2) is 181 Å². The maximum atomic E-state index is 16.4. The molecule has 2 amide bonds. The third-order valence-corrected chi connectivity index (χ3v) is 29.7. The first-order valence-corrected chi connectivity index (χ1v) is 43.2. The van der Waals surface area contributed by atoms with Gasteiger partial charge in [0.05, 0.1) is 98.2 Å². The number of hydrogen-bond acceptors (Lipinski definition) is 28. The van der Waals surface area contributed by atoms with Crippen molar-refractivity contribution in [2.45, 2.75) is 162 Å². The van der Waals surface area contributed by atoms with Crippen molar-refractivity contribution in [3.05, 3.63) is 287 Å². The molecule has 0 aromatic heterocycles. The number of hydrogen-bond donors (Lipinski definition) is 12. The summed E-state index contributed by atoms with van der Waals surface area (Å²) >= 11 is 0. The molecule has 0 saturated carbocycles. The lowest BCUT2D eigenvalue weighted by Crippen LogP contribution is -2.70. The average molecular weight is 1660 g/mol. The number of nitrogens with two attached hydrogens (primary N) is 1. The normalized spacial score (nSPS) is 21.4. The van der Waals surface area contributed by atoms with Crippen molar-refractivity contribution in [2.24, 2.45) is 5.73 Å². The Morgan fingerprint density at radius 3 is 0.895 bits per heavy atom. The number of rotatable bonds is 45. The van der Waals surface area contributed by atoms with Gasteiger partial charge in [-0.3, -0.25) is 27.8 Å². The van der Waals surface area contributed by atoms with Gasteiger partial charge in [0.15, 0.2) is 23.4 Å². The van der Waals surface area contributed by atoms with Gasteiger partial charge in [0.25, 0.3) is 0 Å². The van der Waals surface area contributed by atoms with Crippen LogP contribution in [0.1, 0.15) is 57.3 Å². The summed E-state index contributed by atoms with van der Waals surface area (Å²) in [6.07, 6.45) is -25.7. The Labute approximate surface area is 660 Å². The van der Waals surface area contributed by atoms with E-state index in [1.54, 1.807) is 243 Å². The first-order chi connectivity index (χ1) is 55.1. The van der Waals surface area contributed by atoms with E-state index in [-0.39, 0.29) is 0 Å². The Morgan fingerprint density at radius 1 is 0.377 bits per heavy atom. The molecular formula is C80H97N3O27P4. The summed E-state index contributed by atoms with van der Waals surface area (Å²) in [5, 5.41) is 103. The van der Waals surface area contributed by atoms with E-state index in [2.05, 4.69) is 10.6 Å². The molecule has 0 aliphatic carbocycles. The molecule has 2 saturated heterocycles. The van der Waals surface area contributed by atoms with Gasteiger partial charge in [-0.05, 0) is 44.5 Å². The fourth-order valence-electron chi connectivity index (χ4n) is 12.4. The summed E-state index contributed by atoms with van der Waals surface area (Å²) < 4.78 is 141. The van der Waals surface area contributed by atoms with Crippen molar-refractivity contribution in [1.29, 1.82) is 0 Å². The molecule has 14 atom stereocenters. The van der Waals surface area contributed by atoms with Gasteiger partial charge in [-0.15, -0.1) is 0 Å². The second kappa shape index (κ2) is 43.8. The number of benzene rings is 8. The highest BCUT2D eigenvalue weighted by Gasteiger charge is 2.58. The van der Waals surface area contributed by atoms with Gasteiger partial charge in [-0.1, -0.05) is 243 Å². The van der Waals surface area contributed by atoms with E-state index in [1.807, 2.05) is 0 Å². The first-order valence-electron chi connectivity index (χ1n) is 36.7. The Morgan fingerprint density at radius 2 is 0.640 bits per heavy atom. The lowest BCUT2D eigenvalue weighted by Gasteiger charge is -2.49. The highest BCUT2D eigenvalue weighted by molar-refractivity contribution is 7.73. The van der Waals surface area contributed by atoms with Crippen LogP contribution in [0.15, 0.2) is 243 Å². The molecule has 8 aromatic carbocycles.